The van der Waals surface area contributed by atoms with Crippen LogP contribution in [-0.4, -0.2) is 34.2 Å². The van der Waals surface area contributed by atoms with E-state index in [1.807, 2.05) is 0 Å². The highest BCUT2D eigenvalue weighted by Crippen LogP contribution is 2.72. The van der Waals surface area contributed by atoms with Gasteiger partial charge in [-0.15, -0.1) is 0 Å². The Bertz CT molecular complexity index is 463. The van der Waals surface area contributed by atoms with Crippen molar-refractivity contribution < 1.29 is 33.8 Å². The quantitative estimate of drug-likeness (QED) is 0.433. The van der Waals surface area contributed by atoms with E-state index in [-0.39, 0.29) is 0 Å². The molecular weight excluding hydrogens is 262 g/mol. The smallest absolute Gasteiger partial charge is 0.363 e. The minimum absolute atomic E-state index is 0.781. The van der Waals surface area contributed by atoms with E-state index in [0.717, 1.165) is 12.5 Å². The van der Waals surface area contributed by atoms with Crippen molar-refractivity contribution in [3.05, 3.63) is 18.2 Å². The topological polar surface area (TPSA) is 153 Å². The number of aromatic nitrogens is 2. The van der Waals surface area contributed by atoms with Gasteiger partial charge in [-0.05, 0) is 0 Å². The molecule has 1 rings (SSSR count). The standard InChI is InChI=1S/C5H10N2O7P2/c1-7-2-4(6-3-7)5(8,15(9,10)11)16(12,13)14/h2-3,8H,1H3,(H2,9,10,11)(H2,12,13,14). The molecule has 0 unspecified atom stereocenters. The lowest BCUT2D eigenvalue weighted by atomic mass is 10.5. The maximum absolute atomic E-state index is 11.0. The van der Waals surface area contributed by atoms with Gasteiger partial charge in [0.05, 0.1) is 6.33 Å². The molecule has 0 bridgehead atoms. The van der Waals surface area contributed by atoms with Crippen molar-refractivity contribution in [3.63, 3.8) is 0 Å². The largest absolute Gasteiger partial charge is 0.375 e. The van der Waals surface area contributed by atoms with Crippen molar-refractivity contribution in [2.24, 2.45) is 7.05 Å². The van der Waals surface area contributed by atoms with Crippen molar-refractivity contribution in [2.75, 3.05) is 0 Å². The summed E-state index contributed by atoms with van der Waals surface area (Å²) in [5, 5.41) is 5.96. The molecule has 5 N–H and O–H groups in total. The lowest BCUT2D eigenvalue weighted by Crippen LogP contribution is -2.26. The van der Waals surface area contributed by atoms with Crippen LogP contribution in [0.25, 0.3) is 0 Å². The Labute approximate surface area is 89.7 Å². The van der Waals surface area contributed by atoms with E-state index in [1.165, 1.54) is 11.6 Å². The SMILES string of the molecule is Cn1cnc(C(O)(P(=O)(O)O)P(=O)(O)O)c1. The minimum Gasteiger partial charge on any atom is -0.363 e. The highest BCUT2D eigenvalue weighted by molar-refractivity contribution is 7.71. The molecule has 0 amide bonds. The van der Waals surface area contributed by atoms with E-state index in [4.69, 9.17) is 19.6 Å². The van der Waals surface area contributed by atoms with Gasteiger partial charge < -0.3 is 29.2 Å². The first-order chi connectivity index (χ1) is 7.00. The maximum atomic E-state index is 11.0. The fraction of sp³-hybridized carbons (Fsp3) is 0.400. The highest BCUT2D eigenvalue weighted by atomic mass is 31.2. The van der Waals surface area contributed by atoms with Gasteiger partial charge in [0.1, 0.15) is 5.69 Å². The molecule has 11 heteroatoms. The molecule has 9 nitrogen and oxygen atoms in total. The molecule has 0 aliphatic heterocycles. The second kappa shape index (κ2) is 3.75. The molecule has 16 heavy (non-hydrogen) atoms. The van der Waals surface area contributed by atoms with Crippen LogP contribution in [0.3, 0.4) is 0 Å². The summed E-state index contributed by atoms with van der Waals surface area (Å²) in [7, 11) is -9.59. The van der Waals surface area contributed by atoms with E-state index in [1.54, 1.807) is 0 Å². The molecule has 1 heterocycles. The summed E-state index contributed by atoms with van der Waals surface area (Å²) < 4.78 is 23.2. The minimum atomic E-state index is -5.50. The summed E-state index contributed by atoms with van der Waals surface area (Å²) in [6.07, 6.45) is 1.96. The van der Waals surface area contributed by atoms with Crippen LogP contribution in [0, 0.1) is 0 Å². The van der Waals surface area contributed by atoms with Crippen molar-refractivity contribution in [3.8, 4) is 0 Å². The van der Waals surface area contributed by atoms with Crippen LogP contribution in [0.5, 0.6) is 0 Å². The lowest BCUT2D eigenvalue weighted by Gasteiger charge is -2.27. The number of aryl methyl sites for hydroxylation is 1. The normalized spacial score (nSPS) is 14.1. The van der Waals surface area contributed by atoms with Gasteiger partial charge in [-0.1, -0.05) is 0 Å². The van der Waals surface area contributed by atoms with E-state index in [0.29, 0.717) is 0 Å². The summed E-state index contributed by atoms with van der Waals surface area (Å²) >= 11 is 0. The summed E-state index contributed by atoms with van der Waals surface area (Å²) in [4.78, 5) is 38.8. The van der Waals surface area contributed by atoms with Crippen molar-refractivity contribution in [2.45, 2.75) is 5.08 Å². The number of hydrogen-bond donors (Lipinski definition) is 5. The molecule has 0 saturated heterocycles. The number of imidazole rings is 1. The van der Waals surface area contributed by atoms with Crippen LogP contribution in [0.15, 0.2) is 12.5 Å². The van der Waals surface area contributed by atoms with E-state index in [2.05, 4.69) is 4.98 Å². The van der Waals surface area contributed by atoms with E-state index < -0.39 is 26.0 Å². The fourth-order valence-electron chi connectivity index (χ4n) is 1.05. The molecule has 92 valence electrons. The molecule has 0 fully saturated rings. The van der Waals surface area contributed by atoms with Gasteiger partial charge in [-0.2, -0.15) is 0 Å². The van der Waals surface area contributed by atoms with Gasteiger partial charge in [0.25, 0.3) is 0 Å². The van der Waals surface area contributed by atoms with Crippen LogP contribution in [0.1, 0.15) is 5.69 Å². The third kappa shape index (κ3) is 1.99. The zero-order valence-electron chi connectivity index (χ0n) is 8.00. The Morgan fingerprint density at radius 1 is 1.25 bits per heavy atom. The Morgan fingerprint density at radius 3 is 1.94 bits per heavy atom. The molecule has 0 atom stereocenters. The van der Waals surface area contributed by atoms with Gasteiger partial charge in [0, 0.05) is 13.2 Å². The van der Waals surface area contributed by atoms with Crippen molar-refractivity contribution in [1.82, 2.24) is 9.55 Å². The van der Waals surface area contributed by atoms with Gasteiger partial charge >= 0.3 is 20.3 Å². The van der Waals surface area contributed by atoms with Crippen molar-refractivity contribution >= 4 is 15.2 Å². The summed E-state index contributed by atoms with van der Waals surface area (Å²) in [5.74, 6) is 0. The Balaban J connectivity index is 3.51. The van der Waals surface area contributed by atoms with Crippen LogP contribution in [-0.2, 0) is 21.3 Å². The molecule has 0 aromatic carbocycles. The van der Waals surface area contributed by atoms with Gasteiger partial charge in [0.15, 0.2) is 0 Å². The molecule has 0 spiro atoms. The van der Waals surface area contributed by atoms with Crippen molar-refractivity contribution in [1.29, 1.82) is 0 Å². The zero-order valence-corrected chi connectivity index (χ0v) is 9.78. The molecule has 0 aliphatic carbocycles. The molecular formula is C5H10N2O7P2. The average molecular weight is 272 g/mol. The average Bonchev–Trinajstić information content (AvgIpc) is 2.46. The van der Waals surface area contributed by atoms with E-state index in [9.17, 15) is 14.2 Å². The predicted octanol–water partition coefficient (Wildman–Crippen LogP) is -1.12. The number of hydrogen-bond acceptors (Lipinski definition) is 4. The molecule has 0 aliphatic rings. The Morgan fingerprint density at radius 2 is 1.69 bits per heavy atom. The fourth-order valence-corrected chi connectivity index (χ4v) is 3.24. The summed E-state index contributed by atoms with van der Waals surface area (Å²) in [5.41, 5.74) is -0.781. The highest BCUT2D eigenvalue weighted by Gasteiger charge is 2.62. The summed E-state index contributed by atoms with van der Waals surface area (Å²) in [6.45, 7) is 0. The van der Waals surface area contributed by atoms with Crippen LogP contribution >= 0.6 is 15.2 Å². The molecule has 1 aromatic heterocycles. The van der Waals surface area contributed by atoms with Gasteiger partial charge in [-0.3, -0.25) is 9.13 Å². The van der Waals surface area contributed by atoms with Crippen LogP contribution < -0.4 is 0 Å². The zero-order chi connectivity index (χ0) is 12.8. The number of nitrogens with zero attached hydrogens (tertiary/aromatic N) is 2. The van der Waals surface area contributed by atoms with Gasteiger partial charge in [0.2, 0.25) is 0 Å². The second-order valence-corrected chi connectivity index (χ2v) is 6.97. The number of aliphatic hydroxyl groups is 1. The predicted molar refractivity (Wildman–Crippen MR) is 51.2 cm³/mol. The molecule has 1 aromatic rings. The second-order valence-electron chi connectivity index (χ2n) is 3.15. The first-order valence-corrected chi connectivity index (χ1v) is 7.04. The first-order valence-electron chi connectivity index (χ1n) is 3.82. The van der Waals surface area contributed by atoms with Crippen LogP contribution in [0.4, 0.5) is 0 Å². The Kier molecular flexibility index (Phi) is 3.17. The summed E-state index contributed by atoms with van der Waals surface area (Å²) in [6, 6.07) is 0. The van der Waals surface area contributed by atoms with Crippen LogP contribution in [0.2, 0.25) is 0 Å². The Hall–Kier alpha value is -0.530. The maximum Gasteiger partial charge on any atom is 0.375 e. The number of rotatable bonds is 3. The lowest BCUT2D eigenvalue weighted by molar-refractivity contribution is 0.127. The monoisotopic (exact) mass is 272 g/mol. The third-order valence-electron chi connectivity index (χ3n) is 1.86. The molecule has 0 saturated carbocycles. The van der Waals surface area contributed by atoms with Gasteiger partial charge in [-0.25, -0.2) is 4.98 Å². The third-order valence-corrected chi connectivity index (χ3v) is 5.51. The molecule has 0 radical (unpaired) electrons. The first kappa shape index (κ1) is 13.5. The van der Waals surface area contributed by atoms with E-state index >= 15 is 0 Å².